The number of nitrogens with one attached hydrogen (secondary N) is 2. The number of hydrazine groups is 1. The molecule has 1 amide bonds. The molecule has 0 heterocycles. The topological polar surface area (TPSA) is 76.4 Å². The quantitative estimate of drug-likeness (QED) is 0.400. The van der Waals surface area contributed by atoms with Crippen LogP contribution in [0.4, 0.5) is 9.18 Å². The summed E-state index contributed by atoms with van der Waals surface area (Å²) in [5.41, 5.74) is 1.28. The summed E-state index contributed by atoms with van der Waals surface area (Å²) in [5, 5.41) is 2.25. The minimum Gasteiger partial charge on any atom is -0.444 e. The van der Waals surface area contributed by atoms with Crippen molar-refractivity contribution in [3.8, 4) is 0 Å². The van der Waals surface area contributed by atoms with Gasteiger partial charge in [0, 0.05) is 0 Å². The highest BCUT2D eigenvalue weighted by atomic mass is 19.1. The Morgan fingerprint density at radius 2 is 2.06 bits per heavy atom. The second kappa shape index (κ2) is 6.70. The lowest BCUT2D eigenvalue weighted by atomic mass is 10.2. The Morgan fingerprint density at radius 3 is 2.47 bits per heavy atom. The van der Waals surface area contributed by atoms with E-state index in [-0.39, 0.29) is 5.70 Å². The Labute approximate surface area is 100 Å². The molecule has 0 aliphatic carbocycles. The van der Waals surface area contributed by atoms with Crippen LogP contribution in [0.3, 0.4) is 0 Å². The molecular formula is C11H18FN3O2. The number of halogens is 1. The third kappa shape index (κ3) is 7.13. The number of hydrogen-bond acceptors (Lipinski definition) is 4. The molecule has 0 saturated carbocycles. The number of carbonyl (C=O) groups is 1. The highest BCUT2D eigenvalue weighted by molar-refractivity contribution is 5.71. The predicted octanol–water partition coefficient (Wildman–Crippen LogP) is 1.86. The molecule has 6 heteroatoms. The molecule has 0 spiro atoms. The second-order valence-corrected chi connectivity index (χ2v) is 4.10. The minimum absolute atomic E-state index is 0.0906. The summed E-state index contributed by atoms with van der Waals surface area (Å²) in [4.78, 5) is 11.4. The van der Waals surface area contributed by atoms with Crippen LogP contribution in [0, 0.1) is 0 Å². The highest BCUT2D eigenvalue weighted by Crippen LogP contribution is 2.11. The van der Waals surface area contributed by atoms with Gasteiger partial charge >= 0.3 is 6.09 Å². The van der Waals surface area contributed by atoms with Crippen LogP contribution in [-0.2, 0) is 4.74 Å². The van der Waals surface area contributed by atoms with E-state index in [4.69, 9.17) is 10.6 Å². The molecule has 17 heavy (non-hydrogen) atoms. The van der Waals surface area contributed by atoms with E-state index < -0.39 is 17.5 Å². The first kappa shape index (κ1) is 15.2. The fourth-order valence-corrected chi connectivity index (χ4v) is 0.863. The predicted molar refractivity (Wildman–Crippen MR) is 64.2 cm³/mol. The maximum absolute atomic E-state index is 13.4. The molecule has 0 fully saturated rings. The molecule has 0 aromatic carbocycles. The van der Waals surface area contributed by atoms with E-state index in [2.05, 4.69) is 11.9 Å². The number of carbonyl (C=O) groups excluding carboxylic acids is 1. The Hall–Kier alpha value is -1.82. The van der Waals surface area contributed by atoms with Gasteiger partial charge in [0.2, 0.25) is 0 Å². The summed E-state index contributed by atoms with van der Waals surface area (Å²) >= 11 is 0. The van der Waals surface area contributed by atoms with Crippen LogP contribution in [0.2, 0.25) is 0 Å². The van der Waals surface area contributed by atoms with Crippen LogP contribution in [0.25, 0.3) is 0 Å². The standard InChI is InChI=1S/C11H18FN3O2/c1-5-6-9(8(12)7-14-13)15-10(16)17-11(2,3)4/h5-7,14H,1,13H2,2-4H3,(H,15,16)/b8-7+,9-6+. The number of rotatable bonds is 4. The summed E-state index contributed by atoms with van der Waals surface area (Å²) in [6.07, 6.45) is 2.75. The van der Waals surface area contributed by atoms with E-state index in [1.807, 2.05) is 5.43 Å². The number of allylic oxidation sites excluding steroid dienone is 3. The van der Waals surface area contributed by atoms with Crippen LogP contribution < -0.4 is 16.6 Å². The minimum atomic E-state index is -0.758. The van der Waals surface area contributed by atoms with Gasteiger partial charge in [0.05, 0.1) is 11.9 Å². The molecule has 96 valence electrons. The summed E-state index contributed by atoms with van der Waals surface area (Å²) in [7, 11) is 0. The van der Waals surface area contributed by atoms with Crippen LogP contribution in [-0.4, -0.2) is 11.7 Å². The van der Waals surface area contributed by atoms with Crippen LogP contribution in [0.15, 0.2) is 36.5 Å². The van der Waals surface area contributed by atoms with E-state index in [9.17, 15) is 9.18 Å². The first-order valence-electron chi connectivity index (χ1n) is 4.95. The average molecular weight is 243 g/mol. The van der Waals surface area contributed by atoms with E-state index in [1.165, 1.54) is 12.2 Å². The Kier molecular flexibility index (Phi) is 5.98. The lowest BCUT2D eigenvalue weighted by Gasteiger charge is -2.20. The molecule has 0 saturated heterocycles. The van der Waals surface area contributed by atoms with Gasteiger partial charge in [-0.05, 0) is 26.8 Å². The van der Waals surface area contributed by atoms with Crippen molar-refractivity contribution in [3.63, 3.8) is 0 Å². The zero-order chi connectivity index (χ0) is 13.5. The van der Waals surface area contributed by atoms with Gasteiger partial charge in [0.15, 0.2) is 5.83 Å². The first-order valence-corrected chi connectivity index (χ1v) is 4.95. The molecule has 0 aliphatic rings. The maximum atomic E-state index is 13.4. The molecule has 0 radical (unpaired) electrons. The molecule has 0 aliphatic heterocycles. The fraction of sp³-hybridized carbons (Fsp3) is 0.364. The van der Waals surface area contributed by atoms with Gasteiger partial charge in [-0.2, -0.15) is 0 Å². The molecule has 0 aromatic rings. The van der Waals surface area contributed by atoms with Crippen LogP contribution in [0.5, 0.6) is 0 Å². The van der Waals surface area contributed by atoms with Gasteiger partial charge in [-0.3, -0.25) is 11.2 Å². The van der Waals surface area contributed by atoms with Gasteiger partial charge in [-0.1, -0.05) is 12.7 Å². The van der Waals surface area contributed by atoms with Crippen molar-refractivity contribution < 1.29 is 13.9 Å². The average Bonchev–Trinajstić information content (AvgIpc) is 2.14. The van der Waals surface area contributed by atoms with Crippen molar-refractivity contribution in [2.45, 2.75) is 26.4 Å². The zero-order valence-corrected chi connectivity index (χ0v) is 10.2. The van der Waals surface area contributed by atoms with Crippen molar-refractivity contribution in [1.29, 1.82) is 0 Å². The Bertz CT molecular complexity index is 343. The fourth-order valence-electron chi connectivity index (χ4n) is 0.863. The molecule has 0 aromatic heterocycles. The molecule has 0 bridgehead atoms. The van der Waals surface area contributed by atoms with Gasteiger partial charge in [0.1, 0.15) is 5.60 Å². The number of ether oxygens (including phenoxy) is 1. The van der Waals surface area contributed by atoms with Crippen molar-refractivity contribution >= 4 is 6.09 Å². The lowest BCUT2D eigenvalue weighted by molar-refractivity contribution is 0.0545. The number of alkyl carbamates (subject to hydrolysis) is 1. The molecule has 0 unspecified atom stereocenters. The van der Waals surface area contributed by atoms with Crippen molar-refractivity contribution in [1.82, 2.24) is 10.7 Å². The third-order valence-corrected chi connectivity index (χ3v) is 1.39. The maximum Gasteiger partial charge on any atom is 0.412 e. The molecule has 0 rings (SSSR count). The van der Waals surface area contributed by atoms with E-state index in [1.54, 1.807) is 20.8 Å². The summed E-state index contributed by atoms with van der Waals surface area (Å²) < 4.78 is 18.4. The first-order chi connectivity index (χ1) is 7.80. The molecule has 4 N–H and O–H groups in total. The van der Waals surface area contributed by atoms with Crippen molar-refractivity contribution in [3.05, 3.63) is 36.5 Å². The lowest BCUT2D eigenvalue weighted by Crippen LogP contribution is -2.32. The SMILES string of the molecule is C=C/C=C(NC(=O)OC(C)(C)C)\C(F)=C/NN. The number of nitrogens with two attached hydrogens (primary N) is 1. The number of hydrogen-bond donors (Lipinski definition) is 3. The van der Waals surface area contributed by atoms with Gasteiger partial charge in [0.25, 0.3) is 0 Å². The van der Waals surface area contributed by atoms with Crippen LogP contribution in [0.1, 0.15) is 20.8 Å². The van der Waals surface area contributed by atoms with E-state index >= 15 is 0 Å². The summed E-state index contributed by atoms with van der Waals surface area (Å²) in [5.74, 6) is 4.19. The third-order valence-electron chi connectivity index (χ3n) is 1.39. The highest BCUT2D eigenvalue weighted by Gasteiger charge is 2.17. The molecule has 5 nitrogen and oxygen atoms in total. The smallest absolute Gasteiger partial charge is 0.412 e. The van der Waals surface area contributed by atoms with E-state index in [0.717, 1.165) is 6.20 Å². The second-order valence-electron chi connectivity index (χ2n) is 4.10. The summed E-state index contributed by atoms with van der Waals surface area (Å²) in [6.45, 7) is 8.53. The molecule has 0 atom stereocenters. The normalized spacial score (nSPS) is 13.0. The Balaban J connectivity index is 4.69. The number of amides is 1. The van der Waals surface area contributed by atoms with Crippen LogP contribution >= 0.6 is 0 Å². The van der Waals surface area contributed by atoms with Gasteiger partial charge in [-0.15, -0.1) is 0 Å². The largest absolute Gasteiger partial charge is 0.444 e. The van der Waals surface area contributed by atoms with Crippen molar-refractivity contribution in [2.75, 3.05) is 0 Å². The Morgan fingerprint density at radius 1 is 1.47 bits per heavy atom. The zero-order valence-electron chi connectivity index (χ0n) is 10.2. The van der Waals surface area contributed by atoms with Gasteiger partial charge < -0.3 is 10.2 Å². The van der Waals surface area contributed by atoms with Gasteiger partial charge in [-0.25, -0.2) is 9.18 Å². The monoisotopic (exact) mass is 243 g/mol. The molecular weight excluding hydrogens is 225 g/mol. The summed E-state index contributed by atoms with van der Waals surface area (Å²) in [6, 6.07) is 0. The van der Waals surface area contributed by atoms with Crippen molar-refractivity contribution in [2.24, 2.45) is 5.84 Å². The van der Waals surface area contributed by atoms with E-state index in [0.29, 0.717) is 0 Å².